The first kappa shape index (κ1) is 12.9. The lowest BCUT2D eigenvalue weighted by Crippen LogP contribution is -2.29. The van der Waals surface area contributed by atoms with E-state index in [1.165, 1.54) is 11.3 Å². The van der Waals surface area contributed by atoms with Crippen molar-refractivity contribution in [3.05, 3.63) is 58.8 Å². The predicted octanol–water partition coefficient (Wildman–Crippen LogP) is 2.59. The third-order valence-corrected chi connectivity index (χ3v) is 4.25. The Hall–Kier alpha value is -2.80. The molecule has 0 unspecified atom stereocenters. The van der Waals surface area contributed by atoms with Crippen molar-refractivity contribution in [2.75, 3.05) is 0 Å². The number of thiophene rings is 1. The molecule has 7 heteroatoms. The van der Waals surface area contributed by atoms with Crippen molar-refractivity contribution in [1.82, 2.24) is 15.0 Å². The predicted molar refractivity (Wildman–Crippen MR) is 78.3 cm³/mol. The average molecular weight is 311 g/mol. The normalized spacial score (nSPS) is 13.7. The van der Waals surface area contributed by atoms with Gasteiger partial charge >= 0.3 is 0 Å². The molecule has 0 bridgehead atoms. The van der Waals surface area contributed by atoms with Crippen molar-refractivity contribution in [1.29, 1.82) is 0 Å². The molecule has 108 valence electrons. The Morgan fingerprint density at radius 2 is 1.77 bits per heavy atom. The van der Waals surface area contributed by atoms with Gasteiger partial charge in [0.05, 0.1) is 16.0 Å². The van der Waals surface area contributed by atoms with Crippen LogP contribution in [0.15, 0.2) is 46.3 Å². The van der Waals surface area contributed by atoms with E-state index < -0.39 is 0 Å². The summed E-state index contributed by atoms with van der Waals surface area (Å²) in [7, 11) is 0. The van der Waals surface area contributed by atoms with E-state index in [9.17, 15) is 9.59 Å². The molecule has 0 aliphatic carbocycles. The summed E-state index contributed by atoms with van der Waals surface area (Å²) < 4.78 is 5.15. The van der Waals surface area contributed by atoms with E-state index in [1.807, 2.05) is 17.5 Å². The minimum atomic E-state index is -0.337. The first-order valence-corrected chi connectivity index (χ1v) is 7.43. The van der Waals surface area contributed by atoms with Crippen LogP contribution in [0.25, 0.3) is 10.7 Å². The van der Waals surface area contributed by atoms with Crippen LogP contribution >= 0.6 is 11.3 Å². The zero-order valence-corrected chi connectivity index (χ0v) is 12.0. The van der Waals surface area contributed by atoms with Crippen LogP contribution in [0.4, 0.5) is 0 Å². The second-order valence-electron chi connectivity index (χ2n) is 4.73. The minimum absolute atomic E-state index is 0.0231. The number of imide groups is 1. The van der Waals surface area contributed by atoms with E-state index in [-0.39, 0.29) is 24.2 Å². The van der Waals surface area contributed by atoms with Gasteiger partial charge in [-0.05, 0) is 23.6 Å². The van der Waals surface area contributed by atoms with E-state index in [2.05, 4.69) is 10.1 Å². The summed E-state index contributed by atoms with van der Waals surface area (Å²) in [6.07, 6.45) is 0. The summed E-state index contributed by atoms with van der Waals surface area (Å²) in [5.74, 6) is 0.0208. The molecule has 2 aromatic heterocycles. The smallest absolute Gasteiger partial charge is 0.262 e. The third-order valence-electron chi connectivity index (χ3n) is 3.38. The SMILES string of the molecule is O=C1c2ccccc2C(=O)N1Cc1nc(-c2cccs2)no1. The second-order valence-corrected chi connectivity index (χ2v) is 5.68. The maximum absolute atomic E-state index is 12.3. The van der Waals surface area contributed by atoms with Crippen molar-refractivity contribution < 1.29 is 14.1 Å². The molecule has 3 heterocycles. The lowest BCUT2D eigenvalue weighted by atomic mass is 10.1. The van der Waals surface area contributed by atoms with E-state index in [1.54, 1.807) is 24.3 Å². The molecule has 0 saturated carbocycles. The molecule has 1 aliphatic heterocycles. The number of aromatic nitrogens is 2. The van der Waals surface area contributed by atoms with Crippen molar-refractivity contribution in [2.24, 2.45) is 0 Å². The van der Waals surface area contributed by atoms with Gasteiger partial charge in [-0.15, -0.1) is 11.3 Å². The van der Waals surface area contributed by atoms with Crippen LogP contribution in [0.5, 0.6) is 0 Å². The van der Waals surface area contributed by atoms with E-state index in [4.69, 9.17) is 4.52 Å². The molecule has 1 aromatic carbocycles. The number of hydrogen-bond donors (Lipinski definition) is 0. The topological polar surface area (TPSA) is 76.3 Å². The number of fused-ring (bicyclic) bond motifs is 1. The summed E-state index contributed by atoms with van der Waals surface area (Å²) in [5.41, 5.74) is 0.816. The van der Waals surface area contributed by atoms with Crippen LogP contribution in [-0.4, -0.2) is 26.9 Å². The highest BCUT2D eigenvalue weighted by atomic mass is 32.1. The number of carbonyl (C=O) groups excluding carboxylic acids is 2. The Labute approximate surface area is 129 Å². The van der Waals surface area contributed by atoms with E-state index in [0.717, 1.165) is 9.78 Å². The van der Waals surface area contributed by atoms with Crippen molar-refractivity contribution >= 4 is 23.2 Å². The zero-order chi connectivity index (χ0) is 15.1. The largest absolute Gasteiger partial charge is 0.337 e. The highest BCUT2D eigenvalue weighted by Gasteiger charge is 2.36. The van der Waals surface area contributed by atoms with Crippen LogP contribution < -0.4 is 0 Å². The molecule has 1 aliphatic rings. The van der Waals surface area contributed by atoms with Crippen LogP contribution in [0.1, 0.15) is 26.6 Å². The molecule has 0 radical (unpaired) electrons. The van der Waals surface area contributed by atoms with Gasteiger partial charge < -0.3 is 4.52 Å². The third kappa shape index (κ3) is 1.94. The molecule has 0 atom stereocenters. The maximum Gasteiger partial charge on any atom is 0.262 e. The van der Waals surface area contributed by atoms with Crippen molar-refractivity contribution in [3.8, 4) is 10.7 Å². The summed E-state index contributed by atoms with van der Waals surface area (Å²) in [5, 5.41) is 5.79. The first-order valence-electron chi connectivity index (χ1n) is 6.56. The Balaban J connectivity index is 1.60. The Kier molecular flexibility index (Phi) is 2.87. The van der Waals surface area contributed by atoms with Gasteiger partial charge in [0.2, 0.25) is 11.7 Å². The highest BCUT2D eigenvalue weighted by molar-refractivity contribution is 7.13. The molecule has 3 aromatic rings. The number of benzene rings is 1. The summed E-state index contributed by atoms with van der Waals surface area (Å²) in [4.78, 5) is 30.8. The molecule has 0 N–H and O–H groups in total. The Morgan fingerprint density at radius 3 is 2.41 bits per heavy atom. The molecular formula is C15H9N3O3S. The number of amides is 2. The molecule has 0 saturated heterocycles. The van der Waals surface area contributed by atoms with Gasteiger partial charge in [-0.3, -0.25) is 14.5 Å². The lowest BCUT2D eigenvalue weighted by Gasteiger charge is -2.09. The minimum Gasteiger partial charge on any atom is -0.337 e. The summed E-state index contributed by atoms with van der Waals surface area (Å²) in [6, 6.07) is 10.5. The van der Waals surface area contributed by atoms with Crippen molar-refractivity contribution in [3.63, 3.8) is 0 Å². The van der Waals surface area contributed by atoms with E-state index >= 15 is 0 Å². The van der Waals surface area contributed by atoms with Crippen molar-refractivity contribution in [2.45, 2.75) is 6.54 Å². The van der Waals surface area contributed by atoms with Gasteiger partial charge in [-0.2, -0.15) is 4.98 Å². The first-order chi connectivity index (χ1) is 10.7. The maximum atomic E-state index is 12.3. The summed E-state index contributed by atoms with van der Waals surface area (Å²) in [6.45, 7) is -0.0231. The van der Waals surface area contributed by atoms with Gasteiger partial charge in [0.1, 0.15) is 6.54 Å². The quantitative estimate of drug-likeness (QED) is 0.695. The Morgan fingerprint density at radius 1 is 1.05 bits per heavy atom. The second kappa shape index (κ2) is 4.88. The van der Waals surface area contributed by atoms with Crippen LogP contribution in [0.2, 0.25) is 0 Å². The molecule has 2 amide bonds. The molecule has 4 rings (SSSR count). The molecule has 22 heavy (non-hydrogen) atoms. The molecule has 0 spiro atoms. The average Bonchev–Trinajstić information content (AvgIpc) is 3.25. The molecular weight excluding hydrogens is 302 g/mol. The summed E-state index contributed by atoms with van der Waals surface area (Å²) >= 11 is 1.49. The van der Waals surface area contributed by atoms with Gasteiger partial charge in [0.15, 0.2) is 0 Å². The molecule has 0 fully saturated rings. The Bertz CT molecular complexity index is 835. The fourth-order valence-electron chi connectivity index (χ4n) is 2.34. The number of nitrogens with zero attached hydrogens (tertiary/aromatic N) is 3. The fourth-order valence-corrected chi connectivity index (χ4v) is 2.99. The van der Waals surface area contributed by atoms with Gasteiger partial charge in [0.25, 0.3) is 11.8 Å². The molecule has 6 nitrogen and oxygen atoms in total. The zero-order valence-electron chi connectivity index (χ0n) is 11.2. The highest BCUT2D eigenvalue weighted by Crippen LogP contribution is 2.25. The lowest BCUT2D eigenvalue weighted by molar-refractivity contribution is 0.0625. The number of rotatable bonds is 3. The van der Waals surface area contributed by atoms with Gasteiger partial charge in [0, 0.05) is 0 Å². The van der Waals surface area contributed by atoms with Crippen LogP contribution in [0.3, 0.4) is 0 Å². The van der Waals surface area contributed by atoms with E-state index in [0.29, 0.717) is 17.0 Å². The van der Waals surface area contributed by atoms with Gasteiger partial charge in [-0.1, -0.05) is 23.4 Å². The van der Waals surface area contributed by atoms with Gasteiger partial charge in [-0.25, -0.2) is 0 Å². The number of carbonyl (C=O) groups is 2. The van der Waals surface area contributed by atoms with Crippen LogP contribution in [0, 0.1) is 0 Å². The fraction of sp³-hybridized carbons (Fsp3) is 0.0667. The van der Waals surface area contributed by atoms with Crippen LogP contribution in [-0.2, 0) is 6.54 Å². The standard InChI is InChI=1S/C15H9N3O3S/c19-14-9-4-1-2-5-10(9)15(20)18(14)8-12-16-13(17-21-12)11-6-3-7-22-11/h1-7H,8H2. The number of hydrogen-bond acceptors (Lipinski definition) is 6. The monoisotopic (exact) mass is 311 g/mol.